The number of fused-ring (bicyclic) bond motifs is 1. The molecule has 0 aromatic rings. The van der Waals surface area contributed by atoms with Gasteiger partial charge in [0, 0.05) is 31.6 Å². The number of piperidine rings is 1. The number of carbonyl (C=O) groups is 1. The number of rotatable bonds is 2. The van der Waals surface area contributed by atoms with E-state index in [0.29, 0.717) is 12.5 Å². The molecule has 0 bridgehead atoms. The van der Waals surface area contributed by atoms with E-state index in [2.05, 4.69) is 16.8 Å². The fourth-order valence-corrected chi connectivity index (χ4v) is 3.00. The first-order valence-corrected chi connectivity index (χ1v) is 6.31. The van der Waals surface area contributed by atoms with Crippen molar-refractivity contribution in [3.8, 4) is 0 Å². The van der Waals surface area contributed by atoms with Crippen LogP contribution < -0.4 is 5.73 Å². The average Bonchev–Trinajstić information content (AvgIpc) is 2.59. The van der Waals surface area contributed by atoms with Gasteiger partial charge in [-0.25, -0.2) is 0 Å². The van der Waals surface area contributed by atoms with Crippen LogP contribution in [0.4, 0.5) is 0 Å². The van der Waals surface area contributed by atoms with E-state index in [-0.39, 0.29) is 24.4 Å². The van der Waals surface area contributed by atoms with Crippen molar-refractivity contribution in [2.45, 2.75) is 38.3 Å². The van der Waals surface area contributed by atoms with Gasteiger partial charge in [0.15, 0.2) is 0 Å². The number of likely N-dealkylation sites (tertiary alicyclic amines) is 2. The first-order valence-electron chi connectivity index (χ1n) is 6.31. The van der Waals surface area contributed by atoms with Crippen molar-refractivity contribution in [2.24, 2.45) is 11.7 Å². The monoisotopic (exact) mass is 261 g/mol. The van der Waals surface area contributed by atoms with Crippen molar-refractivity contribution >= 4 is 18.3 Å². The molecule has 2 N–H and O–H groups in total. The molecule has 0 saturated carbocycles. The zero-order chi connectivity index (χ0) is 11.7. The lowest BCUT2D eigenvalue weighted by Crippen LogP contribution is -2.49. The molecule has 2 rings (SSSR count). The van der Waals surface area contributed by atoms with E-state index in [9.17, 15) is 4.79 Å². The van der Waals surface area contributed by atoms with Gasteiger partial charge in [0.1, 0.15) is 0 Å². The van der Waals surface area contributed by atoms with Crippen LogP contribution in [0.25, 0.3) is 0 Å². The van der Waals surface area contributed by atoms with Gasteiger partial charge in [-0.2, -0.15) is 0 Å². The highest BCUT2D eigenvalue weighted by Crippen LogP contribution is 2.31. The predicted octanol–water partition coefficient (Wildman–Crippen LogP) is 0.698. The van der Waals surface area contributed by atoms with E-state index >= 15 is 0 Å². The lowest BCUT2D eigenvalue weighted by Gasteiger charge is -2.36. The van der Waals surface area contributed by atoms with Gasteiger partial charge in [-0.05, 0) is 39.3 Å². The summed E-state index contributed by atoms with van der Waals surface area (Å²) in [6.45, 7) is 5.05. The highest BCUT2D eigenvalue weighted by atomic mass is 35.5. The summed E-state index contributed by atoms with van der Waals surface area (Å²) in [6, 6.07) is 0.429. The number of hydrogen-bond donors (Lipinski definition) is 1. The molecule has 2 aliphatic rings. The van der Waals surface area contributed by atoms with Crippen LogP contribution in [0.5, 0.6) is 0 Å². The predicted molar refractivity (Wildman–Crippen MR) is 71.2 cm³/mol. The van der Waals surface area contributed by atoms with Gasteiger partial charge in [-0.15, -0.1) is 12.4 Å². The molecule has 0 spiro atoms. The molecule has 100 valence electrons. The smallest absolute Gasteiger partial charge is 0.224 e. The molecule has 4 nitrogen and oxygen atoms in total. The maximum Gasteiger partial charge on any atom is 0.224 e. The average molecular weight is 262 g/mol. The molecule has 2 saturated heterocycles. The topological polar surface area (TPSA) is 49.6 Å². The first-order chi connectivity index (χ1) is 7.58. The summed E-state index contributed by atoms with van der Waals surface area (Å²) < 4.78 is 0. The third-order valence-electron chi connectivity index (χ3n) is 3.88. The van der Waals surface area contributed by atoms with Crippen molar-refractivity contribution < 1.29 is 4.79 Å². The minimum Gasteiger partial charge on any atom is -0.338 e. The van der Waals surface area contributed by atoms with Crippen LogP contribution in [0.2, 0.25) is 0 Å². The third-order valence-corrected chi connectivity index (χ3v) is 3.88. The standard InChI is InChI=1S/C12H23N3O.ClH/c1-9(13)7-12(16)15-6-4-10-3-5-14(2)8-11(10)15;/h9-11H,3-8,13H2,1-2H3;1H. The number of hydrogen-bond acceptors (Lipinski definition) is 3. The number of amides is 1. The molecule has 3 atom stereocenters. The Morgan fingerprint density at radius 3 is 2.71 bits per heavy atom. The Kier molecular flexibility index (Phi) is 5.22. The zero-order valence-electron chi connectivity index (χ0n) is 10.8. The second kappa shape index (κ2) is 6.03. The van der Waals surface area contributed by atoms with Crippen LogP contribution in [-0.2, 0) is 4.79 Å². The van der Waals surface area contributed by atoms with Crippen molar-refractivity contribution in [2.75, 3.05) is 26.7 Å². The molecule has 2 fully saturated rings. The van der Waals surface area contributed by atoms with Gasteiger partial charge in [0.2, 0.25) is 5.91 Å². The molecule has 1 amide bonds. The summed E-state index contributed by atoms with van der Waals surface area (Å²) in [5, 5.41) is 0. The van der Waals surface area contributed by atoms with Gasteiger partial charge < -0.3 is 15.5 Å². The number of carbonyl (C=O) groups excluding carboxylic acids is 1. The minimum absolute atomic E-state index is 0. The Balaban J connectivity index is 0.00000144. The number of likely N-dealkylation sites (N-methyl/N-ethyl adjacent to an activating group) is 1. The third kappa shape index (κ3) is 3.33. The second-order valence-corrected chi connectivity index (χ2v) is 5.44. The van der Waals surface area contributed by atoms with E-state index in [0.717, 1.165) is 19.0 Å². The molecule has 17 heavy (non-hydrogen) atoms. The normalized spacial score (nSPS) is 30.6. The molecule has 0 radical (unpaired) electrons. The summed E-state index contributed by atoms with van der Waals surface area (Å²) in [5.41, 5.74) is 5.70. The van der Waals surface area contributed by atoms with Crippen LogP contribution in [0, 0.1) is 5.92 Å². The van der Waals surface area contributed by atoms with Crippen LogP contribution in [0.15, 0.2) is 0 Å². The lowest BCUT2D eigenvalue weighted by molar-refractivity contribution is -0.133. The van der Waals surface area contributed by atoms with Gasteiger partial charge in [-0.1, -0.05) is 0 Å². The van der Waals surface area contributed by atoms with Crippen molar-refractivity contribution in [1.82, 2.24) is 9.80 Å². The van der Waals surface area contributed by atoms with Crippen LogP contribution in [0.1, 0.15) is 26.2 Å². The minimum atomic E-state index is -0.0205. The summed E-state index contributed by atoms with van der Waals surface area (Å²) in [5.74, 6) is 0.978. The Morgan fingerprint density at radius 1 is 1.41 bits per heavy atom. The fraction of sp³-hybridized carbons (Fsp3) is 0.917. The van der Waals surface area contributed by atoms with Crippen LogP contribution in [-0.4, -0.2) is 54.5 Å². The van der Waals surface area contributed by atoms with E-state index < -0.39 is 0 Å². The highest BCUT2D eigenvalue weighted by molar-refractivity contribution is 5.85. The number of halogens is 1. The molecule has 2 aliphatic heterocycles. The van der Waals surface area contributed by atoms with Crippen molar-refractivity contribution in [1.29, 1.82) is 0 Å². The lowest BCUT2D eigenvalue weighted by atomic mass is 9.92. The van der Waals surface area contributed by atoms with Gasteiger partial charge >= 0.3 is 0 Å². The first kappa shape index (κ1) is 14.7. The van der Waals surface area contributed by atoms with E-state index in [1.54, 1.807) is 0 Å². The molecule has 2 heterocycles. The van der Waals surface area contributed by atoms with Crippen molar-refractivity contribution in [3.05, 3.63) is 0 Å². The Morgan fingerprint density at radius 2 is 2.06 bits per heavy atom. The second-order valence-electron chi connectivity index (χ2n) is 5.44. The molecular weight excluding hydrogens is 238 g/mol. The Bertz CT molecular complexity index is 272. The molecule has 0 aromatic heterocycles. The Labute approximate surface area is 110 Å². The largest absolute Gasteiger partial charge is 0.338 e. The summed E-state index contributed by atoms with van der Waals surface area (Å²) >= 11 is 0. The number of nitrogens with zero attached hydrogens (tertiary/aromatic N) is 2. The summed E-state index contributed by atoms with van der Waals surface area (Å²) in [7, 11) is 2.14. The molecule has 0 aromatic carbocycles. The zero-order valence-corrected chi connectivity index (χ0v) is 11.6. The van der Waals surface area contributed by atoms with Gasteiger partial charge in [-0.3, -0.25) is 4.79 Å². The SMILES string of the molecule is CC(N)CC(=O)N1CCC2CCN(C)CC21.Cl. The maximum absolute atomic E-state index is 12.0. The summed E-state index contributed by atoms with van der Waals surface area (Å²) in [4.78, 5) is 16.4. The molecule has 5 heteroatoms. The molecule has 0 aliphatic carbocycles. The van der Waals surface area contributed by atoms with Gasteiger partial charge in [0.05, 0.1) is 0 Å². The van der Waals surface area contributed by atoms with Crippen LogP contribution >= 0.6 is 12.4 Å². The van der Waals surface area contributed by atoms with Crippen LogP contribution in [0.3, 0.4) is 0 Å². The molecular formula is C12H24ClN3O. The maximum atomic E-state index is 12.0. The van der Waals surface area contributed by atoms with E-state index in [4.69, 9.17) is 5.73 Å². The van der Waals surface area contributed by atoms with Gasteiger partial charge in [0.25, 0.3) is 0 Å². The quantitative estimate of drug-likeness (QED) is 0.796. The highest BCUT2D eigenvalue weighted by Gasteiger charge is 2.39. The van der Waals surface area contributed by atoms with Crippen molar-refractivity contribution in [3.63, 3.8) is 0 Å². The summed E-state index contributed by atoms with van der Waals surface area (Å²) in [6.07, 6.45) is 2.92. The van der Waals surface area contributed by atoms with E-state index in [1.165, 1.54) is 19.4 Å². The molecule has 3 unspecified atom stereocenters. The Hall–Kier alpha value is -0.320. The number of nitrogens with two attached hydrogens (primary N) is 1. The fourth-order valence-electron chi connectivity index (χ4n) is 3.00. The van der Waals surface area contributed by atoms with E-state index in [1.807, 2.05) is 6.92 Å².